The van der Waals surface area contributed by atoms with Gasteiger partial charge in [0.05, 0.1) is 0 Å². The number of aliphatic hydroxyl groups is 1. The summed E-state index contributed by atoms with van der Waals surface area (Å²) in [5, 5.41) is 15.6. The number of fused-ring (bicyclic) bond motifs is 2. The summed E-state index contributed by atoms with van der Waals surface area (Å²) in [6, 6.07) is 8.66. The first kappa shape index (κ1) is 15.8. The average Bonchev–Trinajstić information content (AvgIpc) is 2.85. The lowest BCUT2D eigenvalue weighted by molar-refractivity contribution is 0.0219. The lowest BCUT2D eigenvalue weighted by Crippen LogP contribution is -2.50. The van der Waals surface area contributed by atoms with Crippen LogP contribution in [-0.2, 0) is 5.54 Å². The molecule has 1 spiro atoms. The van der Waals surface area contributed by atoms with Crippen molar-refractivity contribution in [3.8, 4) is 5.75 Å². The molecule has 2 heterocycles. The smallest absolute Gasteiger partial charge is 0.317 e. The quantitative estimate of drug-likeness (QED) is 0.743. The van der Waals surface area contributed by atoms with Gasteiger partial charge >= 0.3 is 6.03 Å². The molecule has 0 radical (unpaired) electrons. The molecule has 7 heteroatoms. The van der Waals surface area contributed by atoms with Crippen LogP contribution in [-0.4, -0.2) is 17.4 Å². The number of amides is 2. The summed E-state index contributed by atoms with van der Waals surface area (Å²) in [5.41, 5.74) is 0.385. The number of urea groups is 1. The molecule has 2 aliphatic rings. The van der Waals surface area contributed by atoms with E-state index >= 15 is 0 Å². The minimum absolute atomic E-state index is 0.0407. The van der Waals surface area contributed by atoms with Crippen LogP contribution in [0.15, 0.2) is 36.4 Å². The van der Waals surface area contributed by atoms with Gasteiger partial charge in [0.2, 0.25) is 0 Å². The van der Waals surface area contributed by atoms with Gasteiger partial charge in [0.15, 0.2) is 17.9 Å². The molecule has 0 aliphatic carbocycles. The molecule has 1 fully saturated rings. The first-order chi connectivity index (χ1) is 11.9. The van der Waals surface area contributed by atoms with E-state index in [0.717, 1.165) is 11.6 Å². The van der Waals surface area contributed by atoms with Crippen molar-refractivity contribution < 1.29 is 23.4 Å². The minimum Gasteiger partial charge on any atom is -0.485 e. The summed E-state index contributed by atoms with van der Waals surface area (Å²) in [4.78, 5) is 11.8. The molecule has 5 nitrogen and oxygen atoms in total. The normalized spacial score (nSPS) is 27.4. The van der Waals surface area contributed by atoms with Crippen LogP contribution in [0.4, 0.5) is 13.6 Å². The van der Waals surface area contributed by atoms with Crippen molar-refractivity contribution in [1.82, 2.24) is 10.6 Å². The summed E-state index contributed by atoms with van der Waals surface area (Å²) >= 11 is 0. The molecule has 0 aromatic heterocycles. The maximum absolute atomic E-state index is 14.3. The maximum Gasteiger partial charge on any atom is 0.317 e. The predicted octanol–water partition coefficient (Wildman–Crippen LogP) is 2.62. The monoisotopic (exact) mass is 346 g/mol. The molecule has 3 atom stereocenters. The molecule has 1 saturated heterocycles. The molecular weight excluding hydrogens is 330 g/mol. The number of hydrogen-bond acceptors (Lipinski definition) is 3. The minimum atomic E-state index is -1.22. The third-order valence-electron chi connectivity index (χ3n) is 4.79. The fourth-order valence-electron chi connectivity index (χ4n) is 3.57. The van der Waals surface area contributed by atoms with E-state index in [9.17, 15) is 18.7 Å². The lowest BCUT2D eigenvalue weighted by Gasteiger charge is -2.41. The van der Waals surface area contributed by atoms with Crippen molar-refractivity contribution in [2.24, 2.45) is 0 Å². The molecule has 130 valence electrons. The number of aryl methyl sites for hydroxylation is 1. The van der Waals surface area contributed by atoms with Crippen molar-refractivity contribution in [3.05, 3.63) is 64.7 Å². The average molecular weight is 346 g/mol. The Bertz CT molecular complexity index is 873. The van der Waals surface area contributed by atoms with Crippen molar-refractivity contribution in [2.45, 2.75) is 31.2 Å². The number of halogens is 2. The molecule has 0 bridgehead atoms. The highest BCUT2D eigenvalue weighted by Gasteiger charge is 2.53. The van der Waals surface area contributed by atoms with E-state index in [1.807, 2.05) is 19.1 Å². The maximum atomic E-state index is 14.3. The Labute approximate surface area is 142 Å². The zero-order valence-corrected chi connectivity index (χ0v) is 13.3. The molecule has 2 amide bonds. The third-order valence-corrected chi connectivity index (χ3v) is 4.79. The van der Waals surface area contributed by atoms with Crippen LogP contribution in [0.5, 0.6) is 5.75 Å². The number of ether oxygens (including phenoxy) is 1. The first-order valence-corrected chi connectivity index (χ1v) is 7.89. The van der Waals surface area contributed by atoms with Crippen LogP contribution in [0.2, 0.25) is 0 Å². The molecule has 2 aromatic carbocycles. The van der Waals surface area contributed by atoms with E-state index in [0.29, 0.717) is 11.3 Å². The van der Waals surface area contributed by atoms with Gasteiger partial charge in [0.25, 0.3) is 0 Å². The van der Waals surface area contributed by atoms with Crippen LogP contribution in [0, 0.1) is 18.6 Å². The number of aliphatic hydroxyl groups excluding tert-OH is 1. The molecule has 2 aromatic rings. The van der Waals surface area contributed by atoms with Crippen LogP contribution in [0.25, 0.3) is 0 Å². The molecule has 3 N–H and O–H groups in total. The van der Waals surface area contributed by atoms with Crippen molar-refractivity contribution in [1.29, 1.82) is 0 Å². The molecular formula is C18H16F2N2O3. The molecule has 3 unspecified atom stereocenters. The highest BCUT2D eigenvalue weighted by molar-refractivity contribution is 5.79. The van der Waals surface area contributed by atoms with Gasteiger partial charge in [-0.25, -0.2) is 13.6 Å². The summed E-state index contributed by atoms with van der Waals surface area (Å²) in [6.07, 6.45) is -2.02. The van der Waals surface area contributed by atoms with Crippen LogP contribution >= 0.6 is 0 Å². The van der Waals surface area contributed by atoms with Gasteiger partial charge in [0.1, 0.15) is 17.4 Å². The van der Waals surface area contributed by atoms with Gasteiger partial charge in [0, 0.05) is 17.5 Å². The number of rotatable bonds is 1. The zero-order chi connectivity index (χ0) is 17.8. The molecule has 4 rings (SSSR count). The summed E-state index contributed by atoms with van der Waals surface area (Å²) in [7, 11) is 0. The van der Waals surface area contributed by atoms with E-state index in [4.69, 9.17) is 4.74 Å². The largest absolute Gasteiger partial charge is 0.485 e. The predicted molar refractivity (Wildman–Crippen MR) is 84.9 cm³/mol. The van der Waals surface area contributed by atoms with Crippen LogP contribution in [0.3, 0.4) is 0 Å². The van der Waals surface area contributed by atoms with E-state index in [1.165, 1.54) is 12.1 Å². The molecule has 25 heavy (non-hydrogen) atoms. The molecule has 0 saturated carbocycles. The molecule has 2 aliphatic heterocycles. The highest BCUT2D eigenvalue weighted by atomic mass is 19.2. The fourth-order valence-corrected chi connectivity index (χ4v) is 3.57. The Morgan fingerprint density at radius 1 is 1.28 bits per heavy atom. The number of hydrogen-bond donors (Lipinski definition) is 3. The fraction of sp³-hybridized carbons (Fsp3) is 0.278. The standard InChI is InChI=1S/C18H16F2N2O3/c1-9-5-6-13-11(7-9)18(16(23)21-17(24)22-18)8-14(25-13)10-3-2-4-12(19)15(10)20/h2-7,14,16,23H,8H2,1H3,(H2,21,22,24). The summed E-state index contributed by atoms with van der Waals surface area (Å²) in [5.74, 6) is -1.56. The van der Waals surface area contributed by atoms with Crippen LogP contribution in [0.1, 0.15) is 29.2 Å². The van der Waals surface area contributed by atoms with E-state index in [-0.39, 0.29) is 12.0 Å². The Morgan fingerprint density at radius 3 is 2.80 bits per heavy atom. The number of nitrogens with one attached hydrogen (secondary N) is 2. The van der Waals surface area contributed by atoms with Crippen molar-refractivity contribution in [2.75, 3.05) is 0 Å². The van der Waals surface area contributed by atoms with Gasteiger partial charge in [-0.05, 0) is 25.1 Å². The van der Waals surface area contributed by atoms with Gasteiger partial charge < -0.3 is 20.5 Å². The lowest BCUT2D eigenvalue weighted by atomic mass is 9.79. The Balaban J connectivity index is 1.86. The number of carbonyl (C=O) groups excluding carboxylic acids is 1. The summed E-state index contributed by atoms with van der Waals surface area (Å²) < 4.78 is 33.8. The first-order valence-electron chi connectivity index (χ1n) is 7.89. The Morgan fingerprint density at radius 2 is 2.08 bits per heavy atom. The van der Waals surface area contributed by atoms with Gasteiger partial charge in [-0.1, -0.05) is 23.8 Å². The van der Waals surface area contributed by atoms with E-state index in [1.54, 1.807) is 6.07 Å². The van der Waals surface area contributed by atoms with Crippen molar-refractivity contribution in [3.63, 3.8) is 0 Å². The number of benzene rings is 2. The van der Waals surface area contributed by atoms with E-state index in [2.05, 4.69) is 10.6 Å². The highest BCUT2D eigenvalue weighted by Crippen LogP contribution is 2.48. The summed E-state index contributed by atoms with van der Waals surface area (Å²) in [6.45, 7) is 1.88. The van der Waals surface area contributed by atoms with Gasteiger partial charge in [-0.15, -0.1) is 0 Å². The Hall–Kier alpha value is -2.67. The second-order valence-electron chi connectivity index (χ2n) is 6.43. The number of carbonyl (C=O) groups is 1. The van der Waals surface area contributed by atoms with Gasteiger partial charge in [-0.3, -0.25) is 0 Å². The van der Waals surface area contributed by atoms with E-state index < -0.39 is 35.5 Å². The van der Waals surface area contributed by atoms with Crippen molar-refractivity contribution >= 4 is 6.03 Å². The second-order valence-corrected chi connectivity index (χ2v) is 6.43. The Kier molecular flexibility index (Phi) is 3.43. The van der Waals surface area contributed by atoms with Gasteiger partial charge in [-0.2, -0.15) is 0 Å². The topological polar surface area (TPSA) is 70.6 Å². The zero-order valence-electron chi connectivity index (χ0n) is 13.3. The van der Waals surface area contributed by atoms with Crippen LogP contribution < -0.4 is 15.4 Å². The third kappa shape index (κ3) is 2.34. The SMILES string of the molecule is Cc1ccc2c(c1)C1(CC(c3cccc(F)c3F)O2)NC(=O)NC1O. The second kappa shape index (κ2) is 5.42.